The number of carbonyl (C=O) groups is 2. The van der Waals surface area contributed by atoms with Crippen molar-refractivity contribution in [2.75, 3.05) is 27.2 Å². The summed E-state index contributed by atoms with van der Waals surface area (Å²) in [6.07, 6.45) is 4.48. The van der Waals surface area contributed by atoms with Crippen LogP contribution in [0.4, 0.5) is 0 Å². The van der Waals surface area contributed by atoms with E-state index in [2.05, 4.69) is 5.32 Å². The lowest BCUT2D eigenvalue weighted by Gasteiger charge is -2.21. The third-order valence-electron chi connectivity index (χ3n) is 3.52. The molecule has 0 aromatic carbocycles. The molecule has 98 valence electrons. The summed E-state index contributed by atoms with van der Waals surface area (Å²) in [4.78, 5) is 25.3. The van der Waals surface area contributed by atoms with Gasteiger partial charge in [-0.25, -0.2) is 0 Å². The average Bonchev–Trinajstić information content (AvgIpc) is 2.80. The molecule has 0 spiro atoms. The van der Waals surface area contributed by atoms with Crippen molar-refractivity contribution < 1.29 is 9.59 Å². The number of likely N-dealkylation sites (N-methyl/N-ethyl adjacent to an activating group) is 1. The highest BCUT2D eigenvalue weighted by molar-refractivity contribution is 5.83. The second kappa shape index (κ2) is 6.74. The van der Waals surface area contributed by atoms with Crippen molar-refractivity contribution in [2.45, 2.75) is 32.6 Å². The fourth-order valence-electron chi connectivity index (χ4n) is 2.50. The Morgan fingerprint density at radius 2 is 1.94 bits per heavy atom. The number of hydrogen-bond acceptors (Lipinski definition) is 3. The highest BCUT2D eigenvalue weighted by atomic mass is 16.2. The molecule has 1 fully saturated rings. The second-order valence-corrected chi connectivity index (χ2v) is 5.16. The molecule has 0 bridgehead atoms. The molecule has 1 amide bonds. The van der Waals surface area contributed by atoms with Crippen LogP contribution >= 0.6 is 0 Å². The van der Waals surface area contributed by atoms with Gasteiger partial charge in [-0.1, -0.05) is 19.8 Å². The van der Waals surface area contributed by atoms with E-state index >= 15 is 0 Å². The maximum atomic E-state index is 11.9. The summed E-state index contributed by atoms with van der Waals surface area (Å²) in [7, 11) is 3.55. The first-order valence-corrected chi connectivity index (χ1v) is 6.47. The van der Waals surface area contributed by atoms with Gasteiger partial charge in [0.2, 0.25) is 5.91 Å². The minimum absolute atomic E-state index is 0.0326. The summed E-state index contributed by atoms with van der Waals surface area (Å²) < 4.78 is 0. The van der Waals surface area contributed by atoms with Crippen LogP contribution in [0.5, 0.6) is 0 Å². The molecule has 0 aromatic rings. The van der Waals surface area contributed by atoms with Crippen LogP contribution in [0.3, 0.4) is 0 Å². The van der Waals surface area contributed by atoms with Gasteiger partial charge in [-0.2, -0.15) is 0 Å². The van der Waals surface area contributed by atoms with Gasteiger partial charge in [-0.05, 0) is 19.9 Å². The third-order valence-corrected chi connectivity index (χ3v) is 3.52. The van der Waals surface area contributed by atoms with E-state index in [1.165, 1.54) is 12.8 Å². The quantitative estimate of drug-likeness (QED) is 0.755. The van der Waals surface area contributed by atoms with Crippen molar-refractivity contribution in [1.29, 1.82) is 0 Å². The van der Waals surface area contributed by atoms with Crippen LogP contribution in [0, 0.1) is 11.8 Å². The summed E-state index contributed by atoms with van der Waals surface area (Å²) in [5, 5.41) is 2.63. The smallest absolute Gasteiger partial charge is 0.223 e. The van der Waals surface area contributed by atoms with Crippen LogP contribution in [0.1, 0.15) is 32.6 Å². The Labute approximate surface area is 104 Å². The van der Waals surface area contributed by atoms with Gasteiger partial charge in [0, 0.05) is 25.4 Å². The molecule has 1 atom stereocenters. The Bertz CT molecular complexity index is 273. The number of hydrogen-bond donors (Lipinski definition) is 1. The van der Waals surface area contributed by atoms with Crippen molar-refractivity contribution >= 4 is 11.7 Å². The molecule has 1 N–H and O–H groups in total. The minimum atomic E-state index is -0.0682. The normalized spacial score (nSPS) is 18.4. The van der Waals surface area contributed by atoms with Crippen LogP contribution in [-0.4, -0.2) is 43.8 Å². The van der Waals surface area contributed by atoms with E-state index in [9.17, 15) is 9.59 Å². The highest BCUT2D eigenvalue weighted by Gasteiger charge is 2.24. The predicted octanol–water partition coefficient (Wildman–Crippen LogP) is 1.06. The van der Waals surface area contributed by atoms with Crippen molar-refractivity contribution in [3.63, 3.8) is 0 Å². The number of nitrogens with one attached hydrogen (secondary N) is 1. The van der Waals surface area contributed by atoms with E-state index < -0.39 is 0 Å². The summed E-state index contributed by atoms with van der Waals surface area (Å²) in [5.41, 5.74) is 0. The Balaban J connectivity index is 2.30. The SMILES string of the molecule is CNC(=O)C(C)CN(C)CC(=O)C1CCCC1. The Hall–Kier alpha value is -0.900. The standard InChI is InChI=1S/C13H24N2O2/c1-10(13(17)14-2)8-15(3)9-12(16)11-6-4-5-7-11/h10-11H,4-9H2,1-3H3,(H,14,17). The van der Waals surface area contributed by atoms with Gasteiger partial charge in [-0.3, -0.25) is 14.5 Å². The molecule has 17 heavy (non-hydrogen) atoms. The number of amides is 1. The summed E-state index contributed by atoms with van der Waals surface area (Å²) in [6, 6.07) is 0. The van der Waals surface area contributed by atoms with Crippen LogP contribution in [0.15, 0.2) is 0 Å². The molecule has 0 saturated heterocycles. The Morgan fingerprint density at radius 3 is 2.47 bits per heavy atom. The number of nitrogens with zero attached hydrogens (tertiary/aromatic N) is 1. The molecule has 1 aliphatic carbocycles. The molecule has 0 aromatic heterocycles. The number of ketones is 1. The van der Waals surface area contributed by atoms with Crippen molar-refractivity contribution in [3.05, 3.63) is 0 Å². The van der Waals surface area contributed by atoms with Gasteiger partial charge in [0.15, 0.2) is 0 Å². The third kappa shape index (κ3) is 4.46. The molecule has 1 saturated carbocycles. The first kappa shape index (κ1) is 14.2. The number of Topliss-reactive ketones (excluding diaryl/α,β-unsaturated/α-hetero) is 1. The second-order valence-electron chi connectivity index (χ2n) is 5.16. The lowest BCUT2D eigenvalue weighted by atomic mass is 10.0. The van der Waals surface area contributed by atoms with E-state index in [1.807, 2.05) is 18.9 Å². The van der Waals surface area contributed by atoms with E-state index in [0.717, 1.165) is 12.8 Å². The molecular formula is C13H24N2O2. The van der Waals surface area contributed by atoms with Gasteiger partial charge < -0.3 is 5.32 Å². The molecule has 4 nitrogen and oxygen atoms in total. The van der Waals surface area contributed by atoms with Crippen LogP contribution in [-0.2, 0) is 9.59 Å². The molecule has 1 aliphatic rings. The predicted molar refractivity (Wildman–Crippen MR) is 67.7 cm³/mol. The lowest BCUT2D eigenvalue weighted by Crippen LogP contribution is -2.37. The van der Waals surface area contributed by atoms with Crippen LogP contribution in [0.2, 0.25) is 0 Å². The molecule has 4 heteroatoms. The Kier molecular flexibility index (Phi) is 5.62. The van der Waals surface area contributed by atoms with Crippen LogP contribution in [0.25, 0.3) is 0 Å². The zero-order chi connectivity index (χ0) is 12.8. The van der Waals surface area contributed by atoms with Gasteiger partial charge >= 0.3 is 0 Å². The van der Waals surface area contributed by atoms with Gasteiger partial charge in [0.1, 0.15) is 5.78 Å². The molecule has 1 unspecified atom stereocenters. The Morgan fingerprint density at radius 1 is 1.35 bits per heavy atom. The van der Waals surface area contributed by atoms with Gasteiger partial charge in [-0.15, -0.1) is 0 Å². The highest BCUT2D eigenvalue weighted by Crippen LogP contribution is 2.25. The minimum Gasteiger partial charge on any atom is -0.359 e. The zero-order valence-electron chi connectivity index (χ0n) is 11.2. The molecule has 1 rings (SSSR count). The largest absolute Gasteiger partial charge is 0.359 e. The molecular weight excluding hydrogens is 216 g/mol. The topological polar surface area (TPSA) is 49.4 Å². The summed E-state index contributed by atoms with van der Waals surface area (Å²) in [6.45, 7) is 3.00. The van der Waals surface area contributed by atoms with Crippen molar-refractivity contribution in [3.8, 4) is 0 Å². The van der Waals surface area contributed by atoms with Crippen molar-refractivity contribution in [2.24, 2.45) is 11.8 Å². The van der Waals surface area contributed by atoms with Crippen molar-refractivity contribution in [1.82, 2.24) is 10.2 Å². The maximum absolute atomic E-state index is 11.9. The van der Waals surface area contributed by atoms with E-state index in [0.29, 0.717) is 18.9 Å². The first-order chi connectivity index (χ1) is 8.04. The molecule has 0 radical (unpaired) electrons. The maximum Gasteiger partial charge on any atom is 0.223 e. The van der Waals surface area contributed by atoms with Gasteiger partial charge in [0.25, 0.3) is 0 Å². The van der Waals surface area contributed by atoms with E-state index in [1.54, 1.807) is 7.05 Å². The number of rotatable bonds is 6. The average molecular weight is 240 g/mol. The fourth-order valence-corrected chi connectivity index (χ4v) is 2.50. The summed E-state index contributed by atoms with van der Waals surface area (Å²) in [5.74, 6) is 0.577. The molecule has 0 aliphatic heterocycles. The van der Waals surface area contributed by atoms with Gasteiger partial charge in [0.05, 0.1) is 6.54 Å². The molecule has 0 heterocycles. The van der Waals surface area contributed by atoms with E-state index in [-0.39, 0.29) is 17.7 Å². The first-order valence-electron chi connectivity index (χ1n) is 6.47. The monoisotopic (exact) mass is 240 g/mol. The fraction of sp³-hybridized carbons (Fsp3) is 0.846. The lowest BCUT2D eigenvalue weighted by molar-refractivity contribution is -0.127. The zero-order valence-corrected chi connectivity index (χ0v) is 11.2. The summed E-state index contributed by atoms with van der Waals surface area (Å²) >= 11 is 0. The van der Waals surface area contributed by atoms with E-state index in [4.69, 9.17) is 0 Å². The number of carbonyl (C=O) groups excluding carboxylic acids is 2. The van der Waals surface area contributed by atoms with Crippen LogP contribution < -0.4 is 5.32 Å².